The van der Waals surface area contributed by atoms with Gasteiger partial charge in [0, 0.05) is 31.2 Å². The molecule has 1 N–H and O–H groups in total. The summed E-state index contributed by atoms with van der Waals surface area (Å²) in [5, 5.41) is 3.21. The van der Waals surface area contributed by atoms with Crippen molar-refractivity contribution in [1.82, 2.24) is 10.2 Å². The van der Waals surface area contributed by atoms with Crippen LogP contribution in [0.25, 0.3) is 0 Å². The average molecular weight is 277 g/mol. The lowest BCUT2D eigenvalue weighted by Crippen LogP contribution is -2.51. The number of hydrogen-bond donors (Lipinski definition) is 1. The molecule has 0 unspecified atom stereocenters. The van der Waals surface area contributed by atoms with E-state index in [1.54, 1.807) is 4.90 Å². The Kier molecular flexibility index (Phi) is 5.04. The largest absolute Gasteiger partial charge is 0.336 e. The molecular weight excluding hydrogens is 262 g/mol. The van der Waals surface area contributed by atoms with Crippen molar-refractivity contribution in [3.8, 4) is 0 Å². The second-order valence-corrected chi connectivity index (χ2v) is 4.24. The highest BCUT2D eigenvalue weighted by Gasteiger charge is 2.22. The maximum absolute atomic E-state index is 13.0. The molecule has 1 aromatic carbocycles. The fourth-order valence-corrected chi connectivity index (χ4v) is 1.93. The Balaban J connectivity index is 0.00000162. The minimum atomic E-state index is -0.987. The zero-order chi connectivity index (χ0) is 12.4. The lowest BCUT2D eigenvalue weighted by molar-refractivity contribution is 0.0708. The van der Waals surface area contributed by atoms with E-state index in [1.165, 1.54) is 6.07 Å². The smallest absolute Gasteiger partial charge is 0.254 e. The van der Waals surface area contributed by atoms with Gasteiger partial charge in [-0.1, -0.05) is 0 Å². The van der Waals surface area contributed by atoms with E-state index in [0.717, 1.165) is 18.7 Å². The zero-order valence-corrected chi connectivity index (χ0v) is 10.8. The predicted octanol–water partition coefficient (Wildman–Crippen LogP) is 1.82. The Bertz CT molecular complexity index is 442. The molecule has 1 aromatic rings. The molecule has 0 aliphatic carbocycles. The molecule has 0 radical (unpaired) electrons. The molecule has 0 bridgehead atoms. The van der Waals surface area contributed by atoms with Gasteiger partial charge in [0.25, 0.3) is 5.91 Å². The van der Waals surface area contributed by atoms with E-state index in [4.69, 9.17) is 0 Å². The van der Waals surface area contributed by atoms with Gasteiger partial charge < -0.3 is 10.2 Å². The molecule has 1 aliphatic rings. The summed E-state index contributed by atoms with van der Waals surface area (Å²) in [7, 11) is 0. The molecule has 1 aliphatic heterocycles. The Morgan fingerprint density at radius 2 is 2.11 bits per heavy atom. The number of piperazine rings is 1. The van der Waals surface area contributed by atoms with Crippen molar-refractivity contribution < 1.29 is 13.6 Å². The van der Waals surface area contributed by atoms with Gasteiger partial charge in [-0.2, -0.15) is 0 Å². The third kappa shape index (κ3) is 3.17. The van der Waals surface area contributed by atoms with Crippen LogP contribution >= 0.6 is 12.4 Å². The Hall–Kier alpha value is -1.20. The molecule has 100 valence electrons. The number of carbonyl (C=O) groups is 1. The van der Waals surface area contributed by atoms with Crippen LogP contribution in [0.2, 0.25) is 0 Å². The average Bonchev–Trinajstić information content (AvgIpc) is 2.32. The van der Waals surface area contributed by atoms with Gasteiger partial charge in [-0.05, 0) is 25.1 Å². The lowest BCUT2D eigenvalue weighted by atomic mass is 10.1. The highest BCUT2D eigenvalue weighted by Crippen LogP contribution is 2.12. The fourth-order valence-electron chi connectivity index (χ4n) is 1.93. The topological polar surface area (TPSA) is 32.3 Å². The summed E-state index contributed by atoms with van der Waals surface area (Å²) < 4.78 is 25.8. The first-order chi connectivity index (χ1) is 8.08. The molecule has 1 amide bonds. The monoisotopic (exact) mass is 276 g/mol. The molecule has 1 saturated heterocycles. The van der Waals surface area contributed by atoms with Crippen LogP contribution in [-0.4, -0.2) is 36.5 Å². The molecule has 1 atom stereocenters. The van der Waals surface area contributed by atoms with Gasteiger partial charge in [0.05, 0.1) is 0 Å². The quantitative estimate of drug-likeness (QED) is 0.849. The normalized spacial score (nSPS) is 19.3. The van der Waals surface area contributed by atoms with E-state index in [9.17, 15) is 13.6 Å². The first-order valence-corrected chi connectivity index (χ1v) is 5.55. The van der Waals surface area contributed by atoms with Crippen LogP contribution in [-0.2, 0) is 0 Å². The van der Waals surface area contributed by atoms with Gasteiger partial charge >= 0.3 is 0 Å². The number of halogens is 3. The van der Waals surface area contributed by atoms with Crippen LogP contribution in [0.3, 0.4) is 0 Å². The Morgan fingerprint density at radius 1 is 1.39 bits per heavy atom. The summed E-state index contributed by atoms with van der Waals surface area (Å²) in [6.45, 7) is 3.86. The molecule has 2 rings (SSSR count). The molecule has 0 spiro atoms. The van der Waals surface area contributed by atoms with E-state index in [1.807, 2.05) is 6.92 Å². The molecule has 3 nitrogen and oxygen atoms in total. The van der Waals surface area contributed by atoms with Crippen molar-refractivity contribution in [2.45, 2.75) is 13.0 Å². The van der Waals surface area contributed by atoms with E-state index in [2.05, 4.69) is 5.32 Å². The molecule has 0 saturated carbocycles. The van der Waals surface area contributed by atoms with Gasteiger partial charge in [-0.15, -0.1) is 12.4 Å². The van der Waals surface area contributed by atoms with Gasteiger partial charge in [-0.25, -0.2) is 8.78 Å². The van der Waals surface area contributed by atoms with Crippen molar-refractivity contribution in [3.05, 3.63) is 35.4 Å². The lowest BCUT2D eigenvalue weighted by Gasteiger charge is -2.31. The Labute approximate surface area is 111 Å². The maximum atomic E-state index is 13.0. The van der Waals surface area contributed by atoms with Crippen LogP contribution < -0.4 is 5.32 Å². The van der Waals surface area contributed by atoms with Crippen LogP contribution in [0.4, 0.5) is 8.78 Å². The molecule has 18 heavy (non-hydrogen) atoms. The minimum Gasteiger partial charge on any atom is -0.336 e. The van der Waals surface area contributed by atoms with Gasteiger partial charge in [0.15, 0.2) is 11.6 Å². The number of amides is 1. The van der Waals surface area contributed by atoms with Crippen LogP contribution in [0, 0.1) is 11.6 Å². The first-order valence-electron chi connectivity index (χ1n) is 5.55. The number of carbonyl (C=O) groups excluding carboxylic acids is 1. The number of benzene rings is 1. The van der Waals surface area contributed by atoms with Crippen LogP contribution in [0.1, 0.15) is 17.3 Å². The summed E-state index contributed by atoms with van der Waals surface area (Å²) in [6.07, 6.45) is 0. The molecule has 1 fully saturated rings. The van der Waals surface area contributed by atoms with Gasteiger partial charge in [-0.3, -0.25) is 4.79 Å². The fraction of sp³-hybridized carbons (Fsp3) is 0.417. The summed E-state index contributed by atoms with van der Waals surface area (Å²) in [5.74, 6) is -2.17. The highest BCUT2D eigenvalue weighted by molar-refractivity contribution is 5.94. The van der Waals surface area contributed by atoms with Crippen molar-refractivity contribution in [3.63, 3.8) is 0 Å². The second-order valence-electron chi connectivity index (χ2n) is 4.24. The molecule has 6 heteroatoms. The number of rotatable bonds is 1. The van der Waals surface area contributed by atoms with Crippen molar-refractivity contribution in [2.24, 2.45) is 0 Å². The summed E-state index contributed by atoms with van der Waals surface area (Å²) in [5.41, 5.74) is 0.193. The highest BCUT2D eigenvalue weighted by atomic mass is 35.5. The molecule has 1 heterocycles. The summed E-state index contributed by atoms with van der Waals surface area (Å²) in [6, 6.07) is 3.46. The third-order valence-electron chi connectivity index (χ3n) is 2.82. The molecular formula is C12H15ClF2N2O. The number of nitrogens with one attached hydrogen (secondary N) is 1. The predicted molar refractivity (Wildman–Crippen MR) is 67.0 cm³/mol. The van der Waals surface area contributed by atoms with E-state index < -0.39 is 11.6 Å². The van der Waals surface area contributed by atoms with Gasteiger partial charge in [0.2, 0.25) is 0 Å². The summed E-state index contributed by atoms with van der Waals surface area (Å²) in [4.78, 5) is 13.7. The second kappa shape index (κ2) is 6.11. The minimum absolute atomic E-state index is 0. The standard InChI is InChI=1S/C12H14F2N2O.ClH/c1-8-7-16(5-4-15-8)12(17)9-2-3-10(13)11(14)6-9;/h2-3,6,8,15H,4-5,7H2,1H3;1H/t8-;/m1./s1. The first kappa shape index (κ1) is 14.9. The van der Waals surface area contributed by atoms with Crippen molar-refractivity contribution >= 4 is 18.3 Å². The van der Waals surface area contributed by atoms with Crippen LogP contribution in [0.5, 0.6) is 0 Å². The van der Waals surface area contributed by atoms with E-state index in [-0.39, 0.29) is 29.9 Å². The van der Waals surface area contributed by atoms with Crippen molar-refractivity contribution in [1.29, 1.82) is 0 Å². The van der Waals surface area contributed by atoms with Crippen molar-refractivity contribution in [2.75, 3.05) is 19.6 Å². The Morgan fingerprint density at radius 3 is 2.72 bits per heavy atom. The summed E-state index contributed by atoms with van der Waals surface area (Å²) >= 11 is 0. The number of hydrogen-bond acceptors (Lipinski definition) is 2. The van der Waals surface area contributed by atoms with E-state index >= 15 is 0 Å². The molecule has 0 aromatic heterocycles. The SMILES string of the molecule is C[C@@H]1CN(C(=O)c2ccc(F)c(F)c2)CCN1.Cl. The zero-order valence-electron chi connectivity index (χ0n) is 9.95. The van der Waals surface area contributed by atoms with Crippen LogP contribution in [0.15, 0.2) is 18.2 Å². The maximum Gasteiger partial charge on any atom is 0.254 e. The van der Waals surface area contributed by atoms with E-state index in [0.29, 0.717) is 13.1 Å². The number of nitrogens with zero attached hydrogens (tertiary/aromatic N) is 1. The van der Waals surface area contributed by atoms with Gasteiger partial charge in [0.1, 0.15) is 0 Å². The third-order valence-corrected chi connectivity index (χ3v) is 2.82.